The van der Waals surface area contributed by atoms with Crippen molar-refractivity contribution in [1.29, 1.82) is 0 Å². The molecule has 1 saturated carbocycles. The van der Waals surface area contributed by atoms with Crippen molar-refractivity contribution in [3.05, 3.63) is 40.8 Å². The largest absolute Gasteiger partial charge is 0.491 e. The third-order valence-electron chi connectivity index (χ3n) is 4.40. The number of hydrogen-bond acceptors (Lipinski definition) is 5. The first-order valence-corrected chi connectivity index (χ1v) is 10.1. The monoisotopic (exact) mass is 364 g/mol. The zero-order chi connectivity index (χ0) is 18.2. The fourth-order valence-electron chi connectivity index (χ4n) is 2.71. The minimum Gasteiger partial charge on any atom is -0.491 e. The van der Waals surface area contributed by atoms with Crippen molar-refractivity contribution in [3.63, 3.8) is 0 Å². The average Bonchev–Trinajstić information content (AvgIpc) is 3.38. The van der Waals surface area contributed by atoms with Crippen LogP contribution in [0.25, 0.3) is 11.1 Å². The van der Waals surface area contributed by atoms with E-state index in [-0.39, 0.29) is 11.3 Å². The second-order valence-corrected chi connectivity index (χ2v) is 8.72. The Hall–Kier alpha value is -1.96. The standard InChI is InChI=1S/C18H24N2O4S/c1-20-11-13(8-17(24-2)18(20)21)15-9-14(25(3,22)23)6-7-16(15)19-10-12-4-5-12/h6-9,11-12,19,22-23H,4-5,10H2,1-3H3. The lowest BCUT2D eigenvalue weighted by molar-refractivity contribution is 0.405. The molecule has 6 nitrogen and oxygen atoms in total. The number of benzene rings is 1. The molecule has 0 saturated heterocycles. The average molecular weight is 364 g/mol. The summed E-state index contributed by atoms with van der Waals surface area (Å²) in [5.41, 5.74) is 2.28. The molecule has 0 bridgehead atoms. The summed E-state index contributed by atoms with van der Waals surface area (Å²) in [5, 5.41) is 3.44. The molecule has 0 amide bonds. The highest BCUT2D eigenvalue weighted by Crippen LogP contribution is 2.46. The van der Waals surface area contributed by atoms with E-state index in [1.165, 1.54) is 30.8 Å². The second-order valence-electron chi connectivity index (χ2n) is 6.58. The lowest BCUT2D eigenvalue weighted by Crippen LogP contribution is -2.18. The molecule has 1 aromatic carbocycles. The van der Waals surface area contributed by atoms with E-state index in [0.29, 0.717) is 10.8 Å². The number of rotatable bonds is 6. The van der Waals surface area contributed by atoms with Gasteiger partial charge in [-0.1, -0.05) is 0 Å². The maximum Gasteiger partial charge on any atom is 0.292 e. The van der Waals surface area contributed by atoms with Gasteiger partial charge >= 0.3 is 0 Å². The molecule has 1 fully saturated rings. The van der Waals surface area contributed by atoms with Gasteiger partial charge in [-0.2, -0.15) is 10.6 Å². The van der Waals surface area contributed by atoms with Crippen LogP contribution in [0.4, 0.5) is 5.69 Å². The molecule has 1 aliphatic rings. The summed E-state index contributed by atoms with van der Waals surface area (Å²) < 4.78 is 26.7. The van der Waals surface area contributed by atoms with Gasteiger partial charge in [-0.05, 0) is 43.0 Å². The molecule has 1 aromatic heterocycles. The Balaban J connectivity index is 2.10. The summed E-state index contributed by atoms with van der Waals surface area (Å²) in [7, 11) is 0.303. The SMILES string of the molecule is COc1cc(-c2cc(S(C)(O)O)ccc2NCC2CC2)cn(C)c1=O. The first kappa shape index (κ1) is 17.8. The summed E-state index contributed by atoms with van der Waals surface area (Å²) in [6.45, 7) is 0.887. The fraction of sp³-hybridized carbons (Fsp3) is 0.389. The molecule has 1 aliphatic carbocycles. The van der Waals surface area contributed by atoms with Crippen LogP contribution in [0.1, 0.15) is 12.8 Å². The number of ether oxygens (including phenoxy) is 1. The molecule has 3 N–H and O–H groups in total. The summed E-state index contributed by atoms with van der Waals surface area (Å²) in [4.78, 5) is 12.5. The van der Waals surface area contributed by atoms with E-state index in [0.717, 1.165) is 23.4 Å². The molecular formula is C18H24N2O4S. The maximum atomic E-state index is 12.1. The van der Waals surface area contributed by atoms with Gasteiger partial charge in [0.15, 0.2) is 5.75 Å². The van der Waals surface area contributed by atoms with E-state index in [9.17, 15) is 13.9 Å². The van der Waals surface area contributed by atoms with E-state index in [4.69, 9.17) is 4.74 Å². The van der Waals surface area contributed by atoms with Gasteiger partial charge in [-0.25, -0.2) is 0 Å². The van der Waals surface area contributed by atoms with E-state index in [1.807, 2.05) is 6.07 Å². The van der Waals surface area contributed by atoms with Crippen LogP contribution >= 0.6 is 10.6 Å². The predicted octanol–water partition coefficient (Wildman–Crippen LogP) is 3.62. The van der Waals surface area contributed by atoms with Crippen LogP contribution in [0.15, 0.2) is 40.2 Å². The first-order valence-electron chi connectivity index (χ1n) is 8.16. The quantitative estimate of drug-likeness (QED) is 0.729. The Bertz CT molecular complexity index is 838. The van der Waals surface area contributed by atoms with Crippen molar-refractivity contribution in [2.24, 2.45) is 13.0 Å². The normalized spacial score (nSPS) is 15.1. The van der Waals surface area contributed by atoms with Gasteiger partial charge in [-0.3, -0.25) is 13.9 Å². The highest BCUT2D eigenvalue weighted by molar-refractivity contribution is 8.23. The van der Waals surface area contributed by atoms with Gasteiger partial charge in [0.1, 0.15) is 0 Å². The zero-order valence-electron chi connectivity index (χ0n) is 14.7. The van der Waals surface area contributed by atoms with Crippen LogP contribution in [-0.4, -0.2) is 33.6 Å². The van der Waals surface area contributed by atoms with Gasteiger partial charge in [0.25, 0.3) is 5.56 Å². The minimum absolute atomic E-state index is 0.213. The van der Waals surface area contributed by atoms with Crippen molar-refractivity contribution in [1.82, 2.24) is 4.57 Å². The number of anilines is 1. The summed E-state index contributed by atoms with van der Waals surface area (Å²) in [6, 6.07) is 7.05. The van der Waals surface area contributed by atoms with E-state index in [1.54, 1.807) is 31.4 Å². The van der Waals surface area contributed by atoms with Crippen LogP contribution < -0.4 is 15.6 Å². The Morgan fingerprint density at radius 2 is 2.04 bits per heavy atom. The summed E-state index contributed by atoms with van der Waals surface area (Å²) >= 11 is 0. The molecule has 3 rings (SSSR count). The maximum absolute atomic E-state index is 12.1. The molecule has 0 spiro atoms. The molecule has 0 aliphatic heterocycles. The Kier molecular flexibility index (Phi) is 4.81. The Morgan fingerprint density at radius 3 is 2.64 bits per heavy atom. The first-order chi connectivity index (χ1) is 11.8. The molecule has 25 heavy (non-hydrogen) atoms. The molecule has 2 aromatic rings. The summed E-state index contributed by atoms with van der Waals surface area (Å²) in [5.74, 6) is 0.954. The minimum atomic E-state index is -2.83. The van der Waals surface area contributed by atoms with Crippen molar-refractivity contribution in [3.8, 4) is 16.9 Å². The van der Waals surface area contributed by atoms with E-state index < -0.39 is 10.6 Å². The van der Waals surface area contributed by atoms with Gasteiger partial charge in [0, 0.05) is 42.9 Å². The lowest BCUT2D eigenvalue weighted by Gasteiger charge is -2.28. The number of aromatic nitrogens is 1. The smallest absolute Gasteiger partial charge is 0.292 e. The van der Waals surface area contributed by atoms with Crippen molar-refractivity contribution in [2.45, 2.75) is 17.7 Å². The van der Waals surface area contributed by atoms with Gasteiger partial charge in [0.05, 0.1) is 12.0 Å². The second kappa shape index (κ2) is 6.74. The molecule has 7 heteroatoms. The van der Waals surface area contributed by atoms with E-state index in [2.05, 4.69) is 5.32 Å². The van der Waals surface area contributed by atoms with Crippen molar-refractivity contribution >= 4 is 16.3 Å². The fourth-order valence-corrected chi connectivity index (χ4v) is 3.37. The Labute approximate surface area is 148 Å². The van der Waals surface area contributed by atoms with Crippen LogP contribution in [0.3, 0.4) is 0 Å². The third-order valence-corrected chi connectivity index (χ3v) is 5.54. The van der Waals surface area contributed by atoms with Gasteiger partial charge < -0.3 is 14.6 Å². The van der Waals surface area contributed by atoms with Crippen LogP contribution in [0.2, 0.25) is 0 Å². The van der Waals surface area contributed by atoms with Crippen LogP contribution in [0.5, 0.6) is 5.75 Å². The van der Waals surface area contributed by atoms with E-state index >= 15 is 0 Å². The lowest BCUT2D eigenvalue weighted by atomic mass is 10.0. The number of methoxy groups -OCH3 is 1. The number of nitrogens with zero attached hydrogens (tertiary/aromatic N) is 1. The number of pyridine rings is 1. The van der Waals surface area contributed by atoms with Crippen molar-refractivity contribution < 1.29 is 13.8 Å². The molecule has 1 heterocycles. The number of aryl methyl sites for hydroxylation is 1. The molecule has 136 valence electrons. The van der Waals surface area contributed by atoms with Gasteiger partial charge in [-0.15, -0.1) is 0 Å². The molecule has 0 radical (unpaired) electrons. The van der Waals surface area contributed by atoms with Gasteiger partial charge in [0.2, 0.25) is 0 Å². The molecule has 0 unspecified atom stereocenters. The topological polar surface area (TPSA) is 83.7 Å². The molecule has 0 atom stereocenters. The summed E-state index contributed by atoms with van der Waals surface area (Å²) in [6.07, 6.45) is 5.62. The highest BCUT2D eigenvalue weighted by Gasteiger charge is 2.22. The number of hydrogen-bond donors (Lipinski definition) is 3. The van der Waals surface area contributed by atoms with Crippen LogP contribution in [0, 0.1) is 5.92 Å². The third kappa shape index (κ3) is 4.00. The predicted molar refractivity (Wildman–Crippen MR) is 102 cm³/mol. The van der Waals surface area contributed by atoms with Crippen molar-refractivity contribution in [2.75, 3.05) is 25.2 Å². The molecular weight excluding hydrogens is 340 g/mol. The Morgan fingerprint density at radius 1 is 1.32 bits per heavy atom. The van der Waals surface area contributed by atoms with Crippen LogP contribution in [-0.2, 0) is 7.05 Å². The number of nitrogens with one attached hydrogen (secondary N) is 1. The highest BCUT2D eigenvalue weighted by atomic mass is 32.3. The zero-order valence-corrected chi connectivity index (χ0v) is 15.5.